The number of aliphatic hydroxyl groups is 1. The van der Waals surface area contributed by atoms with Gasteiger partial charge in [-0.2, -0.15) is 0 Å². The first-order chi connectivity index (χ1) is 7.77. The van der Waals surface area contributed by atoms with Crippen molar-refractivity contribution in [2.24, 2.45) is 5.92 Å². The van der Waals surface area contributed by atoms with Crippen molar-refractivity contribution in [1.82, 2.24) is 5.32 Å². The summed E-state index contributed by atoms with van der Waals surface area (Å²) in [5.74, 6) is 0.852. The van der Waals surface area contributed by atoms with Crippen LogP contribution in [-0.4, -0.2) is 17.8 Å². The van der Waals surface area contributed by atoms with Gasteiger partial charge in [-0.1, -0.05) is 6.07 Å². The lowest BCUT2D eigenvalue weighted by molar-refractivity contribution is 0.180. The Bertz CT molecular complexity index is 293. The number of aliphatic hydroxyl groups excluding tert-OH is 1. The van der Waals surface area contributed by atoms with E-state index in [0.717, 1.165) is 25.3 Å². The van der Waals surface area contributed by atoms with Crippen LogP contribution in [0.2, 0.25) is 0 Å². The third-order valence-electron chi connectivity index (χ3n) is 3.11. The molecule has 0 radical (unpaired) electrons. The molecule has 2 unspecified atom stereocenters. The van der Waals surface area contributed by atoms with Gasteiger partial charge < -0.3 is 10.4 Å². The SMILES string of the molecule is CC(O)CCCNC(c1cccs1)C1CC1. The summed E-state index contributed by atoms with van der Waals surface area (Å²) >= 11 is 1.85. The van der Waals surface area contributed by atoms with Crippen LogP contribution in [0, 0.1) is 5.92 Å². The number of nitrogens with one attached hydrogen (secondary N) is 1. The average molecular weight is 239 g/mol. The predicted octanol–water partition coefficient (Wildman–Crippen LogP) is 2.95. The van der Waals surface area contributed by atoms with Gasteiger partial charge in [-0.15, -0.1) is 11.3 Å². The van der Waals surface area contributed by atoms with Crippen molar-refractivity contribution in [3.05, 3.63) is 22.4 Å². The first-order valence-corrected chi connectivity index (χ1v) is 7.10. The molecule has 1 heterocycles. The van der Waals surface area contributed by atoms with E-state index >= 15 is 0 Å². The minimum Gasteiger partial charge on any atom is -0.393 e. The van der Waals surface area contributed by atoms with E-state index in [2.05, 4.69) is 22.8 Å². The second-order valence-corrected chi connectivity index (χ2v) is 5.76. The van der Waals surface area contributed by atoms with E-state index in [0.29, 0.717) is 6.04 Å². The summed E-state index contributed by atoms with van der Waals surface area (Å²) in [5.41, 5.74) is 0. The van der Waals surface area contributed by atoms with E-state index in [-0.39, 0.29) is 6.10 Å². The van der Waals surface area contributed by atoms with Gasteiger partial charge in [0.1, 0.15) is 0 Å². The van der Waals surface area contributed by atoms with Gasteiger partial charge in [0.25, 0.3) is 0 Å². The molecule has 90 valence electrons. The maximum Gasteiger partial charge on any atom is 0.0512 e. The molecule has 1 aromatic rings. The van der Waals surface area contributed by atoms with E-state index in [9.17, 15) is 5.11 Å². The Morgan fingerprint density at radius 1 is 1.56 bits per heavy atom. The molecule has 0 saturated heterocycles. The van der Waals surface area contributed by atoms with E-state index in [1.165, 1.54) is 17.7 Å². The molecule has 1 aromatic heterocycles. The highest BCUT2D eigenvalue weighted by Gasteiger charge is 2.32. The fraction of sp³-hybridized carbons (Fsp3) is 0.692. The van der Waals surface area contributed by atoms with E-state index in [1.54, 1.807) is 0 Å². The zero-order chi connectivity index (χ0) is 11.4. The zero-order valence-electron chi connectivity index (χ0n) is 9.86. The average Bonchev–Trinajstić information content (AvgIpc) is 2.93. The fourth-order valence-electron chi connectivity index (χ4n) is 2.05. The summed E-state index contributed by atoms with van der Waals surface area (Å²) in [4.78, 5) is 1.47. The molecule has 2 atom stereocenters. The largest absolute Gasteiger partial charge is 0.393 e. The lowest BCUT2D eigenvalue weighted by Gasteiger charge is -2.17. The Hall–Kier alpha value is -0.380. The van der Waals surface area contributed by atoms with Crippen molar-refractivity contribution in [3.63, 3.8) is 0 Å². The molecule has 3 heteroatoms. The lowest BCUT2D eigenvalue weighted by atomic mass is 10.1. The predicted molar refractivity (Wildman–Crippen MR) is 68.7 cm³/mol. The van der Waals surface area contributed by atoms with E-state index < -0.39 is 0 Å². The molecule has 1 fully saturated rings. The topological polar surface area (TPSA) is 32.3 Å². The van der Waals surface area contributed by atoms with Crippen molar-refractivity contribution >= 4 is 11.3 Å². The Labute approximate surface area is 102 Å². The smallest absolute Gasteiger partial charge is 0.0512 e. The van der Waals surface area contributed by atoms with Crippen LogP contribution in [0.5, 0.6) is 0 Å². The highest BCUT2D eigenvalue weighted by Crippen LogP contribution is 2.42. The molecule has 0 amide bonds. The van der Waals surface area contributed by atoms with Crippen molar-refractivity contribution in [2.45, 2.75) is 44.8 Å². The Morgan fingerprint density at radius 2 is 2.38 bits per heavy atom. The van der Waals surface area contributed by atoms with E-state index in [1.807, 2.05) is 18.3 Å². The molecule has 0 aliphatic heterocycles. The molecule has 2 nitrogen and oxygen atoms in total. The van der Waals surface area contributed by atoms with Crippen molar-refractivity contribution in [3.8, 4) is 0 Å². The Balaban J connectivity index is 1.76. The maximum absolute atomic E-state index is 9.20. The number of hydrogen-bond donors (Lipinski definition) is 2. The first-order valence-electron chi connectivity index (χ1n) is 6.22. The van der Waals surface area contributed by atoms with Crippen LogP contribution in [0.1, 0.15) is 43.5 Å². The van der Waals surface area contributed by atoms with Crippen LogP contribution in [0.15, 0.2) is 17.5 Å². The van der Waals surface area contributed by atoms with Crippen LogP contribution in [-0.2, 0) is 0 Å². The van der Waals surface area contributed by atoms with Gasteiger partial charge in [-0.05, 0) is 56.5 Å². The van der Waals surface area contributed by atoms with Gasteiger partial charge in [0.05, 0.1) is 6.10 Å². The van der Waals surface area contributed by atoms with Crippen LogP contribution >= 0.6 is 11.3 Å². The molecule has 1 aliphatic rings. The molecule has 16 heavy (non-hydrogen) atoms. The molecule has 2 rings (SSSR count). The molecular weight excluding hydrogens is 218 g/mol. The molecule has 0 aromatic carbocycles. The van der Waals surface area contributed by atoms with Crippen molar-refractivity contribution < 1.29 is 5.11 Å². The van der Waals surface area contributed by atoms with E-state index in [4.69, 9.17) is 0 Å². The molecule has 1 aliphatic carbocycles. The summed E-state index contributed by atoms with van der Waals surface area (Å²) in [5, 5.41) is 15.0. The number of thiophene rings is 1. The molecule has 0 spiro atoms. The normalized spacial score (nSPS) is 19.6. The number of hydrogen-bond acceptors (Lipinski definition) is 3. The summed E-state index contributed by atoms with van der Waals surface area (Å²) < 4.78 is 0. The highest BCUT2D eigenvalue weighted by molar-refractivity contribution is 7.10. The van der Waals surface area contributed by atoms with Crippen molar-refractivity contribution in [1.29, 1.82) is 0 Å². The van der Waals surface area contributed by atoms with Gasteiger partial charge in [0.2, 0.25) is 0 Å². The van der Waals surface area contributed by atoms with Gasteiger partial charge in [-0.25, -0.2) is 0 Å². The quantitative estimate of drug-likeness (QED) is 0.717. The zero-order valence-corrected chi connectivity index (χ0v) is 10.7. The monoisotopic (exact) mass is 239 g/mol. The van der Waals surface area contributed by atoms with Gasteiger partial charge in [0.15, 0.2) is 0 Å². The molecule has 2 N–H and O–H groups in total. The summed E-state index contributed by atoms with van der Waals surface area (Å²) in [7, 11) is 0. The van der Waals surface area contributed by atoms with Crippen LogP contribution in [0.4, 0.5) is 0 Å². The summed E-state index contributed by atoms with van der Waals surface area (Å²) in [6, 6.07) is 4.93. The Morgan fingerprint density at radius 3 is 2.94 bits per heavy atom. The van der Waals surface area contributed by atoms with Crippen LogP contribution in [0.3, 0.4) is 0 Å². The molecule has 0 bridgehead atoms. The van der Waals surface area contributed by atoms with Gasteiger partial charge >= 0.3 is 0 Å². The minimum absolute atomic E-state index is 0.164. The van der Waals surface area contributed by atoms with Crippen LogP contribution in [0.25, 0.3) is 0 Å². The lowest BCUT2D eigenvalue weighted by Crippen LogP contribution is -2.24. The molecular formula is C13H21NOS. The summed E-state index contributed by atoms with van der Waals surface area (Å²) in [6.07, 6.45) is 4.53. The summed E-state index contributed by atoms with van der Waals surface area (Å²) in [6.45, 7) is 2.88. The standard InChI is InChI=1S/C13H21NOS/c1-10(15)4-2-8-14-13(11-6-7-11)12-5-3-9-16-12/h3,5,9-11,13-15H,2,4,6-8H2,1H3. The van der Waals surface area contributed by atoms with Gasteiger partial charge in [0, 0.05) is 10.9 Å². The van der Waals surface area contributed by atoms with Crippen molar-refractivity contribution in [2.75, 3.05) is 6.54 Å². The fourth-order valence-corrected chi connectivity index (χ4v) is 2.95. The maximum atomic E-state index is 9.20. The third-order valence-corrected chi connectivity index (χ3v) is 4.06. The highest BCUT2D eigenvalue weighted by atomic mass is 32.1. The second kappa shape index (κ2) is 5.80. The molecule has 1 saturated carbocycles. The van der Waals surface area contributed by atoms with Gasteiger partial charge in [-0.3, -0.25) is 0 Å². The first kappa shape index (κ1) is 12.1. The number of rotatable bonds is 7. The third kappa shape index (κ3) is 3.58. The minimum atomic E-state index is -0.164. The Kier molecular flexibility index (Phi) is 4.38. The van der Waals surface area contributed by atoms with Crippen LogP contribution < -0.4 is 5.32 Å². The second-order valence-electron chi connectivity index (χ2n) is 4.78.